The van der Waals surface area contributed by atoms with Crippen LogP contribution in [-0.4, -0.2) is 64.7 Å². The zero-order chi connectivity index (χ0) is 34.4. The van der Waals surface area contributed by atoms with Gasteiger partial charge in [0.05, 0.1) is 53.1 Å². The standard InChI is InChI=1S/C34H48N2O10/c1-10-24(11-2)34(21-35,25-20-30(44-12-3)32(42-8)33(43-9)31(25)45-13-4)17-16-27(46-22(5)37)26(36(38)39)18-23-14-15-28(40-6)29(19-23)41-7/h14-15,19-20,24,26-27H,10-13,16-18H2,1-9H3. The smallest absolute Gasteiger partial charge is 0.303 e. The Hall–Kier alpha value is -4.40. The summed E-state index contributed by atoms with van der Waals surface area (Å²) in [4.78, 5) is 24.4. The summed E-state index contributed by atoms with van der Waals surface area (Å²) in [7, 11) is 5.96. The molecular weight excluding hydrogens is 596 g/mol. The van der Waals surface area contributed by atoms with E-state index in [0.29, 0.717) is 59.3 Å². The van der Waals surface area contributed by atoms with Gasteiger partial charge < -0.3 is 33.2 Å². The highest BCUT2D eigenvalue weighted by molar-refractivity contribution is 5.67. The first-order chi connectivity index (χ1) is 22.0. The maximum absolute atomic E-state index is 12.6. The van der Waals surface area contributed by atoms with E-state index in [4.69, 9.17) is 33.2 Å². The average Bonchev–Trinajstić information content (AvgIpc) is 3.05. The highest BCUT2D eigenvalue weighted by atomic mass is 16.6. The van der Waals surface area contributed by atoms with Crippen molar-refractivity contribution in [3.63, 3.8) is 0 Å². The van der Waals surface area contributed by atoms with Crippen molar-refractivity contribution < 1.29 is 42.9 Å². The SMILES string of the molecule is CCOc1cc(C(C#N)(CCC(OC(C)=O)C(Cc2ccc(OC)c(OC)c2)[N+](=O)[O-])C(CC)CC)c(OCC)c(OC)c1OC. The van der Waals surface area contributed by atoms with Crippen LogP contribution in [0.1, 0.15) is 71.4 Å². The molecule has 0 N–H and O–H groups in total. The predicted molar refractivity (Wildman–Crippen MR) is 172 cm³/mol. The quantitative estimate of drug-likeness (QED) is 0.0906. The summed E-state index contributed by atoms with van der Waals surface area (Å²) >= 11 is 0. The van der Waals surface area contributed by atoms with Crippen LogP contribution in [0.25, 0.3) is 0 Å². The van der Waals surface area contributed by atoms with Crippen molar-refractivity contribution in [3.05, 3.63) is 45.5 Å². The van der Waals surface area contributed by atoms with Gasteiger partial charge in [-0.15, -0.1) is 0 Å². The Kier molecular flexibility index (Phi) is 14.7. The zero-order valence-electron chi connectivity index (χ0n) is 28.5. The third-order valence-corrected chi connectivity index (χ3v) is 8.25. The van der Waals surface area contributed by atoms with Gasteiger partial charge in [-0.25, -0.2) is 0 Å². The first-order valence-electron chi connectivity index (χ1n) is 15.5. The zero-order valence-corrected chi connectivity index (χ0v) is 28.5. The molecule has 0 aliphatic carbocycles. The Balaban J connectivity index is 2.76. The van der Waals surface area contributed by atoms with Gasteiger partial charge in [0.2, 0.25) is 11.5 Å². The van der Waals surface area contributed by atoms with E-state index < -0.39 is 28.5 Å². The Labute approximate surface area is 272 Å². The number of esters is 1. The van der Waals surface area contributed by atoms with Crippen LogP contribution < -0.4 is 28.4 Å². The van der Waals surface area contributed by atoms with Crippen molar-refractivity contribution in [2.45, 2.75) is 84.3 Å². The number of hydrogen-bond acceptors (Lipinski definition) is 11. The van der Waals surface area contributed by atoms with Gasteiger partial charge in [-0.2, -0.15) is 5.26 Å². The fourth-order valence-corrected chi connectivity index (χ4v) is 6.12. The van der Waals surface area contributed by atoms with E-state index in [1.54, 1.807) is 24.3 Å². The van der Waals surface area contributed by atoms with Gasteiger partial charge in [0, 0.05) is 23.8 Å². The predicted octanol–water partition coefficient (Wildman–Crippen LogP) is 6.32. The summed E-state index contributed by atoms with van der Waals surface area (Å²) in [5.41, 5.74) is -0.115. The number of ether oxygens (including phenoxy) is 7. The molecule has 2 aromatic rings. The molecule has 254 valence electrons. The van der Waals surface area contributed by atoms with Crippen LogP contribution in [0, 0.1) is 27.4 Å². The molecule has 12 heteroatoms. The molecule has 0 radical (unpaired) electrons. The van der Waals surface area contributed by atoms with Crippen molar-refractivity contribution >= 4 is 5.97 Å². The number of nitro groups is 1. The first kappa shape index (κ1) is 37.8. The minimum Gasteiger partial charge on any atom is -0.493 e. The number of nitrogens with zero attached hydrogens (tertiary/aromatic N) is 2. The van der Waals surface area contributed by atoms with E-state index in [9.17, 15) is 20.2 Å². The minimum atomic E-state index is -1.31. The lowest BCUT2D eigenvalue weighted by molar-refractivity contribution is -0.533. The van der Waals surface area contributed by atoms with E-state index in [1.807, 2.05) is 27.7 Å². The third kappa shape index (κ3) is 8.44. The molecular formula is C34H48N2O10. The monoisotopic (exact) mass is 644 g/mol. The van der Waals surface area contributed by atoms with Crippen molar-refractivity contribution in [1.29, 1.82) is 5.26 Å². The van der Waals surface area contributed by atoms with E-state index >= 15 is 0 Å². The molecule has 0 saturated heterocycles. The van der Waals surface area contributed by atoms with Gasteiger partial charge in [0.15, 0.2) is 29.1 Å². The summed E-state index contributed by atoms with van der Waals surface area (Å²) in [6, 6.07) is 8.05. The van der Waals surface area contributed by atoms with Crippen molar-refractivity contribution in [3.8, 4) is 40.6 Å². The van der Waals surface area contributed by atoms with Gasteiger partial charge in [-0.05, 0) is 56.4 Å². The van der Waals surface area contributed by atoms with E-state index in [0.717, 1.165) is 0 Å². The fraction of sp³-hybridized carbons (Fsp3) is 0.588. The number of carbonyl (C=O) groups is 1. The molecule has 46 heavy (non-hydrogen) atoms. The fourth-order valence-electron chi connectivity index (χ4n) is 6.12. The van der Waals surface area contributed by atoms with E-state index in [1.165, 1.54) is 35.4 Å². The molecule has 2 aromatic carbocycles. The molecule has 0 saturated carbocycles. The highest BCUT2D eigenvalue weighted by Crippen LogP contribution is 2.54. The molecule has 0 aliphatic rings. The molecule has 0 aromatic heterocycles. The second kappa shape index (κ2) is 17.9. The van der Waals surface area contributed by atoms with Crippen LogP contribution in [0.4, 0.5) is 0 Å². The molecule has 12 nitrogen and oxygen atoms in total. The van der Waals surface area contributed by atoms with Gasteiger partial charge in [-0.1, -0.05) is 32.8 Å². The van der Waals surface area contributed by atoms with Gasteiger partial charge in [0.1, 0.15) is 0 Å². The summed E-state index contributed by atoms with van der Waals surface area (Å²) in [6.45, 7) is 9.46. The molecule has 0 amide bonds. The second-order valence-electron chi connectivity index (χ2n) is 10.7. The summed E-state index contributed by atoms with van der Waals surface area (Å²) in [5, 5.41) is 23.6. The third-order valence-electron chi connectivity index (χ3n) is 8.25. The Morgan fingerprint density at radius 2 is 1.52 bits per heavy atom. The molecule has 3 atom stereocenters. The molecule has 2 rings (SSSR count). The molecule has 0 aliphatic heterocycles. The maximum Gasteiger partial charge on any atom is 0.303 e. The Morgan fingerprint density at radius 1 is 0.891 bits per heavy atom. The van der Waals surface area contributed by atoms with Crippen molar-refractivity contribution in [2.75, 3.05) is 41.7 Å². The molecule has 0 heterocycles. The number of hydrogen-bond donors (Lipinski definition) is 0. The topological polar surface area (TPSA) is 149 Å². The van der Waals surface area contributed by atoms with Gasteiger partial charge >= 0.3 is 5.97 Å². The molecule has 0 bridgehead atoms. The summed E-state index contributed by atoms with van der Waals surface area (Å²) in [5.74, 6) is 1.36. The lowest BCUT2D eigenvalue weighted by atomic mass is 9.65. The number of benzene rings is 2. The van der Waals surface area contributed by atoms with Crippen LogP contribution in [-0.2, 0) is 21.4 Å². The molecule has 3 unspecified atom stereocenters. The van der Waals surface area contributed by atoms with Crippen LogP contribution in [0.15, 0.2) is 24.3 Å². The van der Waals surface area contributed by atoms with E-state index in [2.05, 4.69) is 6.07 Å². The number of nitriles is 1. The maximum atomic E-state index is 12.6. The summed E-state index contributed by atoms with van der Waals surface area (Å²) < 4.78 is 39.8. The van der Waals surface area contributed by atoms with Crippen LogP contribution in [0.3, 0.4) is 0 Å². The van der Waals surface area contributed by atoms with Crippen LogP contribution in [0.5, 0.6) is 34.5 Å². The molecule has 0 fully saturated rings. The van der Waals surface area contributed by atoms with Crippen LogP contribution in [0.2, 0.25) is 0 Å². The van der Waals surface area contributed by atoms with E-state index in [-0.39, 0.29) is 37.5 Å². The summed E-state index contributed by atoms with van der Waals surface area (Å²) in [6.07, 6.45) is 0.180. The number of methoxy groups -OCH3 is 4. The second-order valence-corrected chi connectivity index (χ2v) is 10.7. The number of carbonyl (C=O) groups excluding carboxylic acids is 1. The van der Waals surface area contributed by atoms with Crippen LogP contribution >= 0.6 is 0 Å². The Bertz CT molecular complexity index is 1350. The average molecular weight is 645 g/mol. The first-order valence-corrected chi connectivity index (χ1v) is 15.5. The van der Waals surface area contributed by atoms with Crippen molar-refractivity contribution in [1.82, 2.24) is 0 Å². The highest BCUT2D eigenvalue weighted by Gasteiger charge is 2.46. The Morgan fingerprint density at radius 3 is 2.00 bits per heavy atom. The van der Waals surface area contributed by atoms with Gasteiger partial charge in [-0.3, -0.25) is 14.9 Å². The normalized spacial score (nSPS) is 13.5. The van der Waals surface area contributed by atoms with Crippen molar-refractivity contribution in [2.24, 2.45) is 5.92 Å². The largest absolute Gasteiger partial charge is 0.493 e. The number of rotatable bonds is 20. The minimum absolute atomic E-state index is 0.0203. The lowest BCUT2D eigenvalue weighted by Gasteiger charge is -2.37. The lowest BCUT2D eigenvalue weighted by Crippen LogP contribution is -2.41. The van der Waals surface area contributed by atoms with Gasteiger partial charge in [0.25, 0.3) is 6.04 Å². The molecule has 0 spiro atoms.